The third kappa shape index (κ3) is 3.73. The van der Waals surface area contributed by atoms with E-state index in [-0.39, 0.29) is 23.7 Å². The maximum atomic E-state index is 13.0. The molecule has 1 rings (SSSR count). The van der Waals surface area contributed by atoms with Crippen LogP contribution in [0.2, 0.25) is 0 Å². The summed E-state index contributed by atoms with van der Waals surface area (Å²) in [4.78, 5) is 0. The van der Waals surface area contributed by atoms with Crippen LogP contribution in [-0.2, 0) is 12.7 Å². The zero-order chi connectivity index (χ0) is 14.1. The van der Waals surface area contributed by atoms with Gasteiger partial charge < -0.3 is 5.32 Å². The standard InChI is InChI=1S/C12H20F3N3/c1-8(2)18-10(12(13,14)15)9(7-17-18)6-16-11(3,4)5/h7-8,16H,6H2,1-5H3. The highest BCUT2D eigenvalue weighted by atomic mass is 19.4. The van der Waals surface area contributed by atoms with Crippen molar-refractivity contribution in [3.63, 3.8) is 0 Å². The summed E-state index contributed by atoms with van der Waals surface area (Å²) in [6, 6.07) is -0.315. The SMILES string of the molecule is CC(C)n1ncc(CNC(C)(C)C)c1C(F)(F)F. The Labute approximate surface area is 105 Å². The Bertz CT molecular complexity index is 400. The molecule has 0 aliphatic carbocycles. The largest absolute Gasteiger partial charge is 0.433 e. The molecule has 18 heavy (non-hydrogen) atoms. The Balaban J connectivity index is 3.06. The van der Waals surface area contributed by atoms with Crippen LogP contribution in [0.5, 0.6) is 0 Å². The molecule has 0 aliphatic rings. The Morgan fingerprint density at radius 2 is 1.83 bits per heavy atom. The van der Waals surface area contributed by atoms with Crippen LogP contribution in [0.15, 0.2) is 6.20 Å². The highest BCUT2D eigenvalue weighted by Gasteiger charge is 2.38. The van der Waals surface area contributed by atoms with Crippen molar-refractivity contribution in [2.45, 2.75) is 58.9 Å². The fourth-order valence-electron chi connectivity index (χ4n) is 1.59. The highest BCUT2D eigenvalue weighted by Crippen LogP contribution is 2.33. The van der Waals surface area contributed by atoms with Gasteiger partial charge in [-0.25, -0.2) is 0 Å². The normalized spacial score (nSPS) is 13.4. The van der Waals surface area contributed by atoms with E-state index < -0.39 is 11.9 Å². The van der Waals surface area contributed by atoms with Crippen LogP contribution in [0.25, 0.3) is 0 Å². The second kappa shape index (κ2) is 4.91. The summed E-state index contributed by atoms with van der Waals surface area (Å²) in [5.74, 6) is 0. The van der Waals surface area contributed by atoms with E-state index in [0.717, 1.165) is 4.68 Å². The van der Waals surface area contributed by atoms with Crippen LogP contribution >= 0.6 is 0 Å². The third-order valence-electron chi connectivity index (χ3n) is 2.44. The number of nitrogens with one attached hydrogen (secondary N) is 1. The summed E-state index contributed by atoms with van der Waals surface area (Å²) in [6.45, 7) is 9.25. The van der Waals surface area contributed by atoms with Crippen molar-refractivity contribution in [2.75, 3.05) is 0 Å². The van der Waals surface area contributed by atoms with Crippen molar-refractivity contribution in [2.24, 2.45) is 0 Å². The first-order valence-corrected chi connectivity index (χ1v) is 5.91. The first-order chi connectivity index (χ1) is 8.02. The highest BCUT2D eigenvalue weighted by molar-refractivity contribution is 5.21. The van der Waals surface area contributed by atoms with E-state index in [2.05, 4.69) is 10.4 Å². The fourth-order valence-corrected chi connectivity index (χ4v) is 1.59. The minimum atomic E-state index is -4.38. The van der Waals surface area contributed by atoms with Gasteiger partial charge in [0.25, 0.3) is 0 Å². The number of aromatic nitrogens is 2. The summed E-state index contributed by atoms with van der Waals surface area (Å²) in [6.07, 6.45) is -3.09. The van der Waals surface area contributed by atoms with Crippen molar-refractivity contribution in [1.82, 2.24) is 15.1 Å². The number of hydrogen-bond acceptors (Lipinski definition) is 2. The molecule has 1 aromatic rings. The van der Waals surface area contributed by atoms with E-state index in [1.807, 2.05) is 20.8 Å². The van der Waals surface area contributed by atoms with Gasteiger partial charge in [-0.1, -0.05) is 0 Å². The van der Waals surface area contributed by atoms with E-state index in [1.54, 1.807) is 13.8 Å². The first kappa shape index (κ1) is 15.0. The molecule has 6 heteroatoms. The Kier molecular flexibility index (Phi) is 4.10. The lowest BCUT2D eigenvalue weighted by Gasteiger charge is -2.21. The zero-order valence-corrected chi connectivity index (χ0v) is 11.4. The van der Waals surface area contributed by atoms with Crippen LogP contribution in [0.1, 0.15) is 51.9 Å². The topological polar surface area (TPSA) is 29.9 Å². The maximum Gasteiger partial charge on any atom is 0.433 e. The summed E-state index contributed by atoms with van der Waals surface area (Å²) in [7, 11) is 0. The van der Waals surface area contributed by atoms with Crippen molar-refractivity contribution < 1.29 is 13.2 Å². The van der Waals surface area contributed by atoms with Gasteiger partial charge in [-0.3, -0.25) is 4.68 Å². The number of nitrogens with zero attached hydrogens (tertiary/aromatic N) is 2. The van der Waals surface area contributed by atoms with E-state index in [4.69, 9.17) is 0 Å². The molecule has 0 saturated heterocycles. The number of halogens is 3. The first-order valence-electron chi connectivity index (χ1n) is 5.91. The average molecular weight is 263 g/mol. The summed E-state index contributed by atoms with van der Waals surface area (Å²) >= 11 is 0. The van der Waals surface area contributed by atoms with Crippen molar-refractivity contribution >= 4 is 0 Å². The smallest absolute Gasteiger partial charge is 0.308 e. The lowest BCUT2D eigenvalue weighted by molar-refractivity contribution is -0.145. The molecule has 0 fully saturated rings. The fraction of sp³-hybridized carbons (Fsp3) is 0.750. The lowest BCUT2D eigenvalue weighted by Crippen LogP contribution is -2.35. The molecule has 104 valence electrons. The Morgan fingerprint density at radius 1 is 1.28 bits per heavy atom. The van der Waals surface area contributed by atoms with Crippen LogP contribution in [0.3, 0.4) is 0 Å². The molecular weight excluding hydrogens is 243 g/mol. The van der Waals surface area contributed by atoms with Gasteiger partial charge in [-0.05, 0) is 34.6 Å². The van der Waals surface area contributed by atoms with E-state index in [1.165, 1.54) is 6.20 Å². The number of alkyl halides is 3. The molecule has 0 unspecified atom stereocenters. The van der Waals surface area contributed by atoms with Gasteiger partial charge >= 0.3 is 6.18 Å². The monoisotopic (exact) mass is 263 g/mol. The van der Waals surface area contributed by atoms with Gasteiger partial charge in [0.15, 0.2) is 0 Å². The molecule has 0 bridgehead atoms. The number of hydrogen-bond donors (Lipinski definition) is 1. The van der Waals surface area contributed by atoms with Gasteiger partial charge in [-0.2, -0.15) is 18.3 Å². The van der Waals surface area contributed by atoms with Crippen LogP contribution < -0.4 is 5.32 Å². The molecule has 0 saturated carbocycles. The van der Waals surface area contributed by atoms with E-state index in [9.17, 15) is 13.2 Å². The Hall–Kier alpha value is -1.04. The van der Waals surface area contributed by atoms with Gasteiger partial charge in [-0.15, -0.1) is 0 Å². The second-order valence-corrected chi connectivity index (χ2v) is 5.66. The number of rotatable bonds is 3. The summed E-state index contributed by atoms with van der Waals surface area (Å²) in [5, 5.41) is 6.89. The van der Waals surface area contributed by atoms with Crippen LogP contribution in [0.4, 0.5) is 13.2 Å². The second-order valence-electron chi connectivity index (χ2n) is 5.66. The summed E-state index contributed by atoms with van der Waals surface area (Å²) < 4.78 is 40.1. The zero-order valence-electron chi connectivity index (χ0n) is 11.4. The lowest BCUT2D eigenvalue weighted by atomic mass is 10.1. The van der Waals surface area contributed by atoms with Crippen LogP contribution in [-0.4, -0.2) is 15.3 Å². The average Bonchev–Trinajstić information content (AvgIpc) is 2.56. The van der Waals surface area contributed by atoms with Gasteiger partial charge in [0.2, 0.25) is 0 Å². The van der Waals surface area contributed by atoms with Gasteiger partial charge in [0, 0.05) is 23.7 Å². The minimum Gasteiger partial charge on any atom is -0.308 e. The van der Waals surface area contributed by atoms with E-state index >= 15 is 0 Å². The molecule has 1 heterocycles. The maximum absolute atomic E-state index is 13.0. The van der Waals surface area contributed by atoms with Gasteiger partial charge in [0.05, 0.1) is 6.20 Å². The molecule has 0 aromatic carbocycles. The molecular formula is C12H20F3N3. The van der Waals surface area contributed by atoms with Gasteiger partial charge in [0.1, 0.15) is 5.69 Å². The third-order valence-corrected chi connectivity index (χ3v) is 2.44. The minimum absolute atomic E-state index is 0.158. The molecule has 1 aromatic heterocycles. The quantitative estimate of drug-likeness (QED) is 0.906. The Morgan fingerprint density at radius 3 is 2.22 bits per heavy atom. The molecule has 0 aliphatic heterocycles. The van der Waals surface area contributed by atoms with Crippen molar-refractivity contribution in [1.29, 1.82) is 0 Å². The van der Waals surface area contributed by atoms with Crippen LogP contribution in [0, 0.1) is 0 Å². The molecule has 0 amide bonds. The molecule has 0 spiro atoms. The molecule has 1 N–H and O–H groups in total. The van der Waals surface area contributed by atoms with Crippen molar-refractivity contribution in [3.8, 4) is 0 Å². The van der Waals surface area contributed by atoms with Crippen molar-refractivity contribution in [3.05, 3.63) is 17.5 Å². The molecule has 0 atom stereocenters. The molecule has 0 radical (unpaired) electrons. The van der Waals surface area contributed by atoms with E-state index in [0.29, 0.717) is 0 Å². The predicted molar refractivity (Wildman–Crippen MR) is 64.2 cm³/mol. The molecule has 3 nitrogen and oxygen atoms in total. The predicted octanol–water partition coefficient (Wildman–Crippen LogP) is 3.37. The summed E-state index contributed by atoms with van der Waals surface area (Å²) in [5.41, 5.74) is -0.705.